The fourth-order valence-corrected chi connectivity index (χ4v) is 10.7. The van der Waals surface area contributed by atoms with Crippen molar-refractivity contribution in [1.82, 2.24) is 0 Å². The van der Waals surface area contributed by atoms with Crippen LogP contribution < -0.4 is 0 Å². The van der Waals surface area contributed by atoms with Crippen molar-refractivity contribution in [1.29, 1.82) is 0 Å². The summed E-state index contributed by atoms with van der Waals surface area (Å²) < 4.78 is 12.3. The molecule has 38 heavy (non-hydrogen) atoms. The van der Waals surface area contributed by atoms with Crippen LogP contribution in [0.15, 0.2) is 11.6 Å². The number of ketones is 1. The molecular weight excluding hydrogens is 480 g/mol. The highest BCUT2D eigenvalue weighted by molar-refractivity contribution is 5.85. The zero-order valence-electron chi connectivity index (χ0n) is 24.8. The summed E-state index contributed by atoms with van der Waals surface area (Å²) in [7, 11) is 0. The Balaban J connectivity index is 1.49. The molecule has 3 saturated carbocycles. The van der Waals surface area contributed by atoms with Gasteiger partial charge >= 0.3 is 5.97 Å². The van der Waals surface area contributed by atoms with E-state index in [0.717, 1.165) is 32.1 Å². The molecule has 10 unspecified atom stereocenters. The van der Waals surface area contributed by atoms with E-state index in [1.54, 1.807) is 13.8 Å². The minimum atomic E-state index is -1.08. The largest absolute Gasteiger partial charge is 0.462 e. The highest BCUT2D eigenvalue weighted by Gasteiger charge is 2.69. The van der Waals surface area contributed by atoms with Gasteiger partial charge in [-0.05, 0) is 86.9 Å². The van der Waals surface area contributed by atoms with Crippen LogP contribution in [-0.4, -0.2) is 52.5 Å². The number of ether oxygens (including phenoxy) is 2. The van der Waals surface area contributed by atoms with Crippen LogP contribution in [0.1, 0.15) is 100 Å². The molecule has 0 radical (unpaired) electrons. The number of allylic oxidation sites excluding steroid dienone is 1. The Hall–Kier alpha value is -1.24. The first-order valence-corrected chi connectivity index (χ1v) is 14.9. The van der Waals surface area contributed by atoms with Gasteiger partial charge in [-0.15, -0.1) is 0 Å². The van der Waals surface area contributed by atoms with Gasteiger partial charge in [0.25, 0.3) is 0 Å². The number of hydrogen-bond acceptors (Lipinski definition) is 6. The second kappa shape index (κ2) is 8.88. The molecule has 0 aromatic rings. The third-order valence-electron chi connectivity index (χ3n) is 12.4. The van der Waals surface area contributed by atoms with Crippen molar-refractivity contribution in [3.8, 4) is 0 Å². The number of carbonyl (C=O) groups excluding carboxylic acids is 2. The number of aliphatic hydroxyl groups excluding tert-OH is 1. The average Bonchev–Trinajstić information content (AvgIpc) is 3.15. The van der Waals surface area contributed by atoms with E-state index in [1.165, 1.54) is 12.5 Å². The number of aliphatic hydroxyl groups is 2. The topological polar surface area (TPSA) is 93.1 Å². The Labute approximate surface area is 228 Å². The molecule has 0 amide bonds. The van der Waals surface area contributed by atoms with Crippen molar-refractivity contribution in [3.05, 3.63) is 11.6 Å². The average molecular weight is 531 g/mol. The molecule has 0 aromatic heterocycles. The first kappa shape index (κ1) is 28.3. The smallest absolute Gasteiger partial charge is 0.302 e. The second-order valence-electron chi connectivity index (χ2n) is 15.3. The Morgan fingerprint density at radius 3 is 2.39 bits per heavy atom. The van der Waals surface area contributed by atoms with E-state index >= 15 is 0 Å². The molecule has 1 heterocycles. The van der Waals surface area contributed by atoms with Crippen molar-refractivity contribution in [2.45, 2.75) is 124 Å². The molecule has 10 atom stereocenters. The second-order valence-corrected chi connectivity index (χ2v) is 15.3. The maximum absolute atomic E-state index is 13.1. The highest BCUT2D eigenvalue weighted by atomic mass is 16.5. The molecule has 1 aliphatic heterocycles. The van der Waals surface area contributed by atoms with E-state index < -0.39 is 23.2 Å². The molecule has 1 saturated heterocycles. The molecule has 0 aromatic carbocycles. The SMILES string of the molecule is CC(=O)OC1CC2C(C)(C)C(=O)CCC2(C)C2CCC3(C)C(=CCC3C3COC(C(C)(C)O)C(O)C3)C12C. The fourth-order valence-electron chi connectivity index (χ4n) is 10.7. The fraction of sp³-hybridized carbons (Fsp3) is 0.875. The minimum Gasteiger partial charge on any atom is -0.462 e. The molecule has 6 nitrogen and oxygen atoms in total. The standard InChI is InChI=1S/C32H50O6/c1-18(33)38-26-16-24-28(2,3)25(35)12-14-31(24,7)23-11-13-30(6)20(9-10-22(30)32(23,26)8)19-15-21(34)27(37-17-19)29(4,5)36/h10,19-21,23-24,26-27,34,36H,9,11-17H2,1-8H3. The van der Waals surface area contributed by atoms with Crippen LogP contribution in [0.5, 0.6) is 0 Å². The number of Topliss-reactive ketones (excluding diaryl/α,β-unsaturated/α-hetero) is 1. The molecule has 4 fully saturated rings. The van der Waals surface area contributed by atoms with Crippen molar-refractivity contribution in [2.75, 3.05) is 6.61 Å². The quantitative estimate of drug-likeness (QED) is 0.383. The Kier molecular flexibility index (Phi) is 6.61. The van der Waals surface area contributed by atoms with Crippen molar-refractivity contribution in [2.24, 2.45) is 45.3 Å². The lowest BCUT2D eigenvalue weighted by Crippen LogP contribution is -2.65. The number of esters is 1. The van der Waals surface area contributed by atoms with Crippen molar-refractivity contribution in [3.63, 3.8) is 0 Å². The lowest BCUT2D eigenvalue weighted by Gasteiger charge is -2.68. The van der Waals surface area contributed by atoms with E-state index in [9.17, 15) is 19.8 Å². The summed E-state index contributed by atoms with van der Waals surface area (Å²) >= 11 is 0. The molecule has 2 N–H and O–H groups in total. The molecule has 0 bridgehead atoms. The normalized spacial score (nSPS) is 48.4. The molecule has 0 spiro atoms. The van der Waals surface area contributed by atoms with E-state index in [1.807, 2.05) is 0 Å². The van der Waals surface area contributed by atoms with Gasteiger partial charge in [0.2, 0.25) is 0 Å². The van der Waals surface area contributed by atoms with Gasteiger partial charge in [0.1, 0.15) is 18.0 Å². The summed E-state index contributed by atoms with van der Waals surface area (Å²) in [6.07, 6.45) is 6.80. The highest BCUT2D eigenvalue weighted by Crippen LogP contribution is 2.73. The zero-order valence-corrected chi connectivity index (χ0v) is 24.8. The minimum absolute atomic E-state index is 0.00708. The van der Waals surface area contributed by atoms with Gasteiger partial charge in [-0.2, -0.15) is 0 Å². The van der Waals surface area contributed by atoms with Crippen LogP contribution in [0.4, 0.5) is 0 Å². The summed E-state index contributed by atoms with van der Waals surface area (Å²) in [5, 5.41) is 21.4. The predicted octanol–water partition coefficient (Wildman–Crippen LogP) is 5.24. The molecule has 6 heteroatoms. The Bertz CT molecular complexity index is 1020. The zero-order chi connectivity index (χ0) is 28.1. The van der Waals surface area contributed by atoms with Gasteiger partial charge in [-0.3, -0.25) is 9.59 Å². The maximum atomic E-state index is 13.1. The summed E-state index contributed by atoms with van der Waals surface area (Å²) in [6.45, 7) is 16.8. The summed E-state index contributed by atoms with van der Waals surface area (Å²) in [4.78, 5) is 25.5. The Morgan fingerprint density at radius 1 is 1.11 bits per heavy atom. The third kappa shape index (κ3) is 3.90. The molecular formula is C32H50O6. The number of carbonyl (C=O) groups is 2. The predicted molar refractivity (Wildman–Crippen MR) is 145 cm³/mol. The van der Waals surface area contributed by atoms with Crippen LogP contribution in [0.3, 0.4) is 0 Å². The first-order valence-electron chi connectivity index (χ1n) is 14.9. The van der Waals surface area contributed by atoms with Gasteiger partial charge in [0, 0.05) is 24.2 Å². The first-order chi connectivity index (χ1) is 17.5. The number of fused-ring (bicyclic) bond motifs is 5. The molecule has 214 valence electrons. The third-order valence-corrected chi connectivity index (χ3v) is 12.4. The number of hydrogen-bond donors (Lipinski definition) is 2. The van der Waals surface area contributed by atoms with E-state index in [0.29, 0.717) is 37.1 Å². The maximum Gasteiger partial charge on any atom is 0.302 e. The van der Waals surface area contributed by atoms with Crippen LogP contribution in [0.2, 0.25) is 0 Å². The van der Waals surface area contributed by atoms with Crippen molar-refractivity contribution < 1.29 is 29.3 Å². The van der Waals surface area contributed by atoms with Gasteiger partial charge in [-0.1, -0.05) is 46.3 Å². The lowest BCUT2D eigenvalue weighted by atomic mass is 9.37. The lowest BCUT2D eigenvalue weighted by molar-refractivity contribution is -0.208. The van der Waals surface area contributed by atoms with Crippen molar-refractivity contribution >= 4 is 11.8 Å². The molecule has 5 aliphatic rings. The molecule has 5 rings (SSSR count). The van der Waals surface area contributed by atoms with Crippen LogP contribution >= 0.6 is 0 Å². The summed E-state index contributed by atoms with van der Waals surface area (Å²) in [6, 6.07) is 0. The van der Waals surface area contributed by atoms with E-state index in [4.69, 9.17) is 9.47 Å². The van der Waals surface area contributed by atoms with E-state index in [2.05, 4.69) is 40.7 Å². The van der Waals surface area contributed by atoms with Crippen LogP contribution in [-0.2, 0) is 19.1 Å². The van der Waals surface area contributed by atoms with E-state index in [-0.39, 0.29) is 40.2 Å². The van der Waals surface area contributed by atoms with Gasteiger partial charge in [0.05, 0.1) is 18.3 Å². The van der Waals surface area contributed by atoms with Gasteiger partial charge in [-0.25, -0.2) is 0 Å². The van der Waals surface area contributed by atoms with Gasteiger partial charge in [0.15, 0.2) is 0 Å². The monoisotopic (exact) mass is 530 g/mol. The van der Waals surface area contributed by atoms with Gasteiger partial charge < -0.3 is 19.7 Å². The van der Waals surface area contributed by atoms with Crippen LogP contribution in [0.25, 0.3) is 0 Å². The van der Waals surface area contributed by atoms with Crippen LogP contribution in [0, 0.1) is 45.3 Å². The number of rotatable bonds is 3. The summed E-state index contributed by atoms with van der Waals surface area (Å²) in [5.74, 6) is 1.14. The molecule has 4 aliphatic carbocycles. The summed E-state index contributed by atoms with van der Waals surface area (Å²) in [5.41, 5.74) is -0.439. The Morgan fingerprint density at radius 2 is 1.79 bits per heavy atom.